The van der Waals surface area contributed by atoms with Crippen LogP contribution < -0.4 is 10.1 Å². The van der Waals surface area contributed by atoms with E-state index in [-0.39, 0.29) is 5.02 Å². The van der Waals surface area contributed by atoms with Crippen LogP contribution in [0.3, 0.4) is 0 Å². The maximum Gasteiger partial charge on any atom is 0.145 e. The molecule has 0 unspecified atom stereocenters. The average Bonchev–Trinajstić information content (AvgIpc) is 2.45. The summed E-state index contributed by atoms with van der Waals surface area (Å²) in [6.07, 6.45) is 1.09. The van der Waals surface area contributed by atoms with E-state index in [1.165, 1.54) is 12.1 Å². The molecule has 2 rings (SSSR count). The van der Waals surface area contributed by atoms with Crippen LogP contribution in [0.25, 0.3) is 0 Å². The van der Waals surface area contributed by atoms with Crippen LogP contribution in [0.4, 0.5) is 4.39 Å². The summed E-state index contributed by atoms with van der Waals surface area (Å²) in [7, 11) is 0. The monoisotopic (exact) mass is 371 g/mol. The molecule has 0 heterocycles. The molecule has 0 aliphatic heterocycles. The first kappa shape index (κ1) is 16.3. The lowest BCUT2D eigenvalue weighted by Crippen LogP contribution is -2.13. The smallest absolute Gasteiger partial charge is 0.145 e. The van der Waals surface area contributed by atoms with Crippen LogP contribution in [0.5, 0.6) is 11.5 Å². The number of hydrogen-bond donors (Lipinski definition) is 1. The summed E-state index contributed by atoms with van der Waals surface area (Å²) in [5.74, 6) is 0.555. The number of hydrogen-bond acceptors (Lipinski definition) is 2. The summed E-state index contributed by atoms with van der Waals surface area (Å²) in [6, 6.07) is 10.5. The molecule has 5 heteroatoms. The first-order chi connectivity index (χ1) is 10.1. The largest absolute Gasteiger partial charge is 0.456 e. The highest BCUT2D eigenvalue weighted by Gasteiger charge is 2.09. The van der Waals surface area contributed by atoms with Crippen molar-refractivity contribution in [3.63, 3.8) is 0 Å². The molecule has 2 aromatic rings. The van der Waals surface area contributed by atoms with Crippen LogP contribution in [0, 0.1) is 5.82 Å². The van der Waals surface area contributed by atoms with Crippen molar-refractivity contribution in [2.45, 2.75) is 19.9 Å². The summed E-state index contributed by atoms with van der Waals surface area (Å²) in [6.45, 7) is 3.87. The Labute approximate surface area is 137 Å². The molecular weight excluding hydrogens is 357 g/mol. The second-order valence-electron chi connectivity index (χ2n) is 4.62. The topological polar surface area (TPSA) is 21.3 Å². The molecule has 0 spiro atoms. The second kappa shape index (κ2) is 7.78. The second-order valence-corrected chi connectivity index (χ2v) is 5.88. The Kier molecular flexibility index (Phi) is 6.03. The molecule has 0 atom stereocenters. The molecule has 2 nitrogen and oxygen atoms in total. The van der Waals surface area contributed by atoms with E-state index >= 15 is 0 Å². The lowest BCUT2D eigenvalue weighted by molar-refractivity contribution is 0.472. The molecule has 0 amide bonds. The van der Waals surface area contributed by atoms with E-state index in [1.807, 2.05) is 24.3 Å². The van der Waals surface area contributed by atoms with E-state index < -0.39 is 5.82 Å². The highest BCUT2D eigenvalue weighted by atomic mass is 79.9. The quantitative estimate of drug-likeness (QED) is 0.531. The summed E-state index contributed by atoms with van der Waals surface area (Å²) in [4.78, 5) is 0. The fourth-order valence-corrected chi connectivity index (χ4v) is 2.56. The van der Waals surface area contributed by atoms with E-state index in [4.69, 9.17) is 16.3 Å². The minimum absolute atomic E-state index is 0.0618. The van der Waals surface area contributed by atoms with Crippen molar-refractivity contribution in [1.82, 2.24) is 5.32 Å². The predicted molar refractivity (Wildman–Crippen MR) is 87.6 cm³/mol. The summed E-state index contributed by atoms with van der Waals surface area (Å²) < 4.78 is 19.8. The van der Waals surface area contributed by atoms with Crippen molar-refractivity contribution in [3.05, 3.63) is 57.3 Å². The van der Waals surface area contributed by atoms with Gasteiger partial charge in [0.2, 0.25) is 0 Å². The zero-order valence-electron chi connectivity index (χ0n) is 11.6. The average molecular weight is 373 g/mol. The molecule has 0 bridgehead atoms. The Bertz CT molecular complexity index is 621. The van der Waals surface area contributed by atoms with Gasteiger partial charge in [-0.1, -0.05) is 30.7 Å². The minimum Gasteiger partial charge on any atom is -0.456 e. The number of halogens is 3. The number of benzene rings is 2. The van der Waals surface area contributed by atoms with E-state index in [0.717, 1.165) is 25.1 Å². The van der Waals surface area contributed by atoms with E-state index in [1.54, 1.807) is 0 Å². The summed E-state index contributed by atoms with van der Waals surface area (Å²) in [5.41, 5.74) is 1.12. The molecule has 0 saturated carbocycles. The van der Waals surface area contributed by atoms with Gasteiger partial charge >= 0.3 is 0 Å². The Morgan fingerprint density at radius 1 is 1.29 bits per heavy atom. The first-order valence-corrected chi connectivity index (χ1v) is 7.89. The fourth-order valence-electron chi connectivity index (χ4n) is 1.84. The van der Waals surface area contributed by atoms with Gasteiger partial charge in [-0.2, -0.15) is 0 Å². The summed E-state index contributed by atoms with van der Waals surface area (Å²) in [5, 5.41) is 3.39. The van der Waals surface area contributed by atoms with Gasteiger partial charge in [0.25, 0.3) is 0 Å². The Balaban J connectivity index is 2.12. The van der Waals surface area contributed by atoms with Crippen LogP contribution in [0.1, 0.15) is 18.9 Å². The predicted octanol–water partition coefficient (Wildman–Crippen LogP) is 5.53. The van der Waals surface area contributed by atoms with Gasteiger partial charge in [0.05, 0.1) is 9.50 Å². The van der Waals surface area contributed by atoms with Gasteiger partial charge in [-0.25, -0.2) is 4.39 Å². The van der Waals surface area contributed by atoms with Crippen LogP contribution in [-0.2, 0) is 6.54 Å². The maximum absolute atomic E-state index is 13.5. The van der Waals surface area contributed by atoms with Crippen molar-refractivity contribution in [2.75, 3.05) is 6.54 Å². The Morgan fingerprint density at radius 3 is 2.86 bits per heavy atom. The van der Waals surface area contributed by atoms with Crippen molar-refractivity contribution in [1.29, 1.82) is 0 Å². The minimum atomic E-state index is -0.504. The van der Waals surface area contributed by atoms with Gasteiger partial charge < -0.3 is 10.1 Å². The lowest BCUT2D eigenvalue weighted by atomic mass is 10.2. The normalized spacial score (nSPS) is 10.7. The van der Waals surface area contributed by atoms with Gasteiger partial charge in [0.15, 0.2) is 0 Å². The number of nitrogens with one attached hydrogen (secondary N) is 1. The molecular formula is C16H16BrClFNO. The van der Waals surface area contributed by atoms with Gasteiger partial charge in [-0.05, 0) is 52.7 Å². The van der Waals surface area contributed by atoms with Gasteiger partial charge in [0.1, 0.15) is 17.3 Å². The third kappa shape index (κ3) is 4.70. The molecule has 2 aromatic carbocycles. The molecule has 0 fully saturated rings. The maximum atomic E-state index is 13.5. The van der Waals surface area contributed by atoms with Crippen molar-refractivity contribution in [3.8, 4) is 11.5 Å². The fraction of sp³-hybridized carbons (Fsp3) is 0.250. The zero-order chi connectivity index (χ0) is 15.2. The van der Waals surface area contributed by atoms with Crippen molar-refractivity contribution in [2.24, 2.45) is 0 Å². The molecule has 0 saturated heterocycles. The molecule has 0 aromatic heterocycles. The van der Waals surface area contributed by atoms with Crippen LogP contribution in [-0.4, -0.2) is 6.54 Å². The molecule has 0 radical (unpaired) electrons. The SMILES string of the molecule is CCCNCc1cccc(Oc2cc(F)c(Cl)cc2Br)c1. The molecule has 112 valence electrons. The third-order valence-corrected chi connectivity index (χ3v) is 3.77. The Morgan fingerprint density at radius 2 is 2.10 bits per heavy atom. The van der Waals surface area contributed by atoms with Gasteiger partial charge in [-0.3, -0.25) is 0 Å². The standard InChI is InChI=1S/C16H16BrClFNO/c1-2-6-20-10-11-4-3-5-12(7-11)21-16-9-15(19)14(18)8-13(16)17/h3-5,7-9,20H,2,6,10H2,1H3. The molecule has 0 aliphatic rings. The van der Waals surface area contributed by atoms with Crippen LogP contribution in [0.2, 0.25) is 5.02 Å². The third-order valence-electron chi connectivity index (χ3n) is 2.86. The lowest BCUT2D eigenvalue weighted by Gasteiger charge is -2.10. The molecule has 21 heavy (non-hydrogen) atoms. The number of rotatable bonds is 6. The van der Waals surface area contributed by atoms with Crippen molar-refractivity contribution < 1.29 is 9.13 Å². The van der Waals surface area contributed by atoms with Gasteiger partial charge in [0, 0.05) is 12.6 Å². The first-order valence-electron chi connectivity index (χ1n) is 6.72. The highest BCUT2D eigenvalue weighted by molar-refractivity contribution is 9.10. The highest BCUT2D eigenvalue weighted by Crippen LogP contribution is 2.33. The van der Waals surface area contributed by atoms with E-state index in [2.05, 4.69) is 28.2 Å². The summed E-state index contributed by atoms with van der Waals surface area (Å²) >= 11 is 9.04. The van der Waals surface area contributed by atoms with Crippen LogP contribution in [0.15, 0.2) is 40.9 Å². The van der Waals surface area contributed by atoms with Crippen molar-refractivity contribution >= 4 is 27.5 Å². The molecule has 0 aliphatic carbocycles. The zero-order valence-corrected chi connectivity index (χ0v) is 14.0. The van der Waals surface area contributed by atoms with Crippen LogP contribution >= 0.6 is 27.5 Å². The number of ether oxygens (including phenoxy) is 1. The van der Waals surface area contributed by atoms with E-state index in [9.17, 15) is 4.39 Å². The van der Waals surface area contributed by atoms with E-state index in [0.29, 0.717) is 16.0 Å². The van der Waals surface area contributed by atoms with Gasteiger partial charge in [-0.15, -0.1) is 0 Å². The molecule has 1 N–H and O–H groups in total. The Hall–Kier alpha value is -1.10.